The molecule has 0 unspecified atom stereocenters. The molecule has 0 aliphatic carbocycles. The molecular weight excluding hydrogens is 324 g/mol. The third-order valence-corrected chi connectivity index (χ3v) is 4.15. The van der Waals surface area contributed by atoms with E-state index in [4.69, 9.17) is 16.3 Å². The van der Waals surface area contributed by atoms with Crippen LogP contribution in [0.1, 0.15) is 6.92 Å². The Labute approximate surface area is 143 Å². The Hall–Kier alpha value is -2.79. The number of hydrogen-bond acceptors (Lipinski definition) is 3. The number of H-pyrrole nitrogens is 2. The lowest BCUT2D eigenvalue weighted by Gasteiger charge is -2.06. The van der Waals surface area contributed by atoms with Crippen LogP contribution in [0.25, 0.3) is 33.4 Å². The van der Waals surface area contributed by atoms with Gasteiger partial charge in [0, 0.05) is 11.8 Å². The standard InChI is InChI=1S/C18H15ClN4O/c1-2-24-18-21-16-9-13(14(19)10-17(16)22-18)11-3-5-12(6-4-11)15-7-8-20-23-15/h3-10H,2H2,1H3,(H,20,23)(H,21,22). The Balaban J connectivity index is 1.73. The third kappa shape index (κ3) is 2.63. The molecule has 0 radical (unpaired) electrons. The number of hydrogen-bond donors (Lipinski definition) is 2. The van der Waals surface area contributed by atoms with Crippen LogP contribution in [0.3, 0.4) is 0 Å². The van der Waals surface area contributed by atoms with Crippen molar-refractivity contribution in [3.05, 3.63) is 53.7 Å². The summed E-state index contributed by atoms with van der Waals surface area (Å²) in [5, 5.41) is 7.60. The van der Waals surface area contributed by atoms with Crippen molar-refractivity contribution < 1.29 is 4.74 Å². The van der Waals surface area contributed by atoms with Gasteiger partial charge in [-0.15, -0.1) is 0 Å². The van der Waals surface area contributed by atoms with Gasteiger partial charge in [0.1, 0.15) is 0 Å². The first kappa shape index (κ1) is 14.8. The molecule has 4 rings (SSSR count). The van der Waals surface area contributed by atoms with Crippen LogP contribution in [0.4, 0.5) is 0 Å². The Kier molecular flexibility index (Phi) is 3.70. The SMILES string of the molecule is CCOc1nc2cc(-c3ccc(-c4ccn[nH]4)cc3)c(Cl)cc2[nH]1. The number of benzene rings is 2. The number of halogens is 1. The maximum atomic E-state index is 6.46. The molecule has 0 bridgehead atoms. The fourth-order valence-electron chi connectivity index (χ4n) is 2.68. The van der Waals surface area contributed by atoms with Gasteiger partial charge in [0.25, 0.3) is 6.01 Å². The molecule has 2 heterocycles. The number of ether oxygens (including phenoxy) is 1. The van der Waals surface area contributed by atoms with E-state index in [1.165, 1.54) is 0 Å². The first-order valence-electron chi connectivity index (χ1n) is 7.67. The molecule has 0 fully saturated rings. The van der Waals surface area contributed by atoms with Gasteiger partial charge < -0.3 is 9.72 Å². The van der Waals surface area contributed by atoms with Crippen LogP contribution >= 0.6 is 11.6 Å². The van der Waals surface area contributed by atoms with Crippen LogP contribution in [0.5, 0.6) is 6.01 Å². The monoisotopic (exact) mass is 338 g/mol. The van der Waals surface area contributed by atoms with Gasteiger partial charge in [-0.3, -0.25) is 5.10 Å². The van der Waals surface area contributed by atoms with Gasteiger partial charge in [-0.1, -0.05) is 35.9 Å². The molecule has 0 aliphatic rings. The second kappa shape index (κ2) is 6.02. The minimum absolute atomic E-state index is 0.510. The summed E-state index contributed by atoms with van der Waals surface area (Å²) in [4.78, 5) is 7.55. The van der Waals surface area contributed by atoms with Gasteiger partial charge in [0.05, 0.1) is 28.4 Å². The van der Waals surface area contributed by atoms with Crippen molar-refractivity contribution in [1.82, 2.24) is 20.2 Å². The molecule has 2 N–H and O–H groups in total. The van der Waals surface area contributed by atoms with Crippen LogP contribution < -0.4 is 4.74 Å². The minimum Gasteiger partial charge on any atom is -0.465 e. The van der Waals surface area contributed by atoms with Gasteiger partial charge >= 0.3 is 0 Å². The van der Waals surface area contributed by atoms with Crippen molar-refractivity contribution >= 4 is 22.6 Å². The van der Waals surface area contributed by atoms with E-state index in [9.17, 15) is 0 Å². The molecule has 0 saturated carbocycles. The molecule has 0 aliphatic heterocycles. The third-order valence-electron chi connectivity index (χ3n) is 3.84. The van der Waals surface area contributed by atoms with Crippen LogP contribution in [0.2, 0.25) is 5.02 Å². The highest BCUT2D eigenvalue weighted by Gasteiger charge is 2.10. The van der Waals surface area contributed by atoms with E-state index in [0.717, 1.165) is 33.4 Å². The van der Waals surface area contributed by atoms with Crippen LogP contribution in [0.15, 0.2) is 48.7 Å². The zero-order valence-corrected chi connectivity index (χ0v) is 13.8. The van der Waals surface area contributed by atoms with Crippen molar-refractivity contribution in [2.75, 3.05) is 6.61 Å². The Morgan fingerprint density at radius 3 is 2.58 bits per heavy atom. The van der Waals surface area contributed by atoms with Gasteiger partial charge in [-0.2, -0.15) is 10.1 Å². The van der Waals surface area contributed by atoms with Crippen molar-refractivity contribution in [2.45, 2.75) is 6.92 Å². The molecule has 6 heteroatoms. The average molecular weight is 339 g/mol. The zero-order valence-electron chi connectivity index (χ0n) is 13.0. The Bertz CT molecular complexity index is 974. The lowest BCUT2D eigenvalue weighted by molar-refractivity contribution is 0.317. The van der Waals surface area contributed by atoms with E-state index in [-0.39, 0.29) is 0 Å². The zero-order chi connectivity index (χ0) is 16.5. The van der Waals surface area contributed by atoms with Gasteiger partial charge in [0.2, 0.25) is 0 Å². The van der Waals surface area contributed by atoms with E-state index >= 15 is 0 Å². The number of fused-ring (bicyclic) bond motifs is 1. The molecule has 2 aromatic heterocycles. The lowest BCUT2D eigenvalue weighted by Crippen LogP contribution is -1.92. The van der Waals surface area contributed by atoms with Gasteiger partial charge in [-0.05, 0) is 36.2 Å². The second-order valence-electron chi connectivity index (χ2n) is 5.37. The predicted octanol–water partition coefficient (Wildman–Crippen LogP) is 4.67. The first-order chi connectivity index (χ1) is 11.7. The lowest BCUT2D eigenvalue weighted by atomic mass is 10.0. The van der Waals surface area contributed by atoms with E-state index in [1.807, 2.05) is 49.4 Å². The first-order valence-corrected chi connectivity index (χ1v) is 8.04. The van der Waals surface area contributed by atoms with E-state index in [0.29, 0.717) is 17.6 Å². The molecule has 5 nitrogen and oxygen atoms in total. The van der Waals surface area contributed by atoms with Gasteiger partial charge in [0.15, 0.2) is 0 Å². The summed E-state index contributed by atoms with van der Waals surface area (Å²) in [6.45, 7) is 2.49. The Morgan fingerprint density at radius 2 is 1.88 bits per heavy atom. The summed E-state index contributed by atoms with van der Waals surface area (Å²) in [5.74, 6) is 0. The number of nitrogens with one attached hydrogen (secondary N) is 2. The van der Waals surface area contributed by atoms with Crippen LogP contribution in [-0.4, -0.2) is 26.8 Å². The highest BCUT2D eigenvalue weighted by atomic mass is 35.5. The molecule has 24 heavy (non-hydrogen) atoms. The summed E-state index contributed by atoms with van der Waals surface area (Å²) in [6.07, 6.45) is 1.74. The minimum atomic E-state index is 0.510. The van der Waals surface area contributed by atoms with Crippen molar-refractivity contribution in [3.8, 4) is 28.4 Å². The number of aromatic amines is 2. The van der Waals surface area contributed by atoms with E-state index in [2.05, 4.69) is 20.2 Å². The summed E-state index contributed by atoms with van der Waals surface area (Å²) in [6, 6.07) is 14.5. The molecule has 2 aromatic carbocycles. The maximum absolute atomic E-state index is 6.46. The molecule has 0 amide bonds. The summed E-state index contributed by atoms with van der Waals surface area (Å²) in [5.41, 5.74) is 5.72. The molecule has 120 valence electrons. The summed E-state index contributed by atoms with van der Waals surface area (Å²) >= 11 is 6.46. The number of nitrogens with zero attached hydrogens (tertiary/aromatic N) is 2. The predicted molar refractivity (Wildman–Crippen MR) is 95.3 cm³/mol. The molecule has 4 aromatic rings. The maximum Gasteiger partial charge on any atom is 0.294 e. The van der Waals surface area contributed by atoms with Crippen LogP contribution in [0, 0.1) is 0 Å². The molecular formula is C18H15ClN4O. The fourth-order valence-corrected chi connectivity index (χ4v) is 2.95. The van der Waals surface area contributed by atoms with Crippen LogP contribution in [-0.2, 0) is 0 Å². The largest absolute Gasteiger partial charge is 0.465 e. The van der Waals surface area contributed by atoms with Crippen molar-refractivity contribution in [3.63, 3.8) is 0 Å². The Morgan fingerprint density at radius 1 is 1.08 bits per heavy atom. The van der Waals surface area contributed by atoms with Crippen molar-refractivity contribution in [2.24, 2.45) is 0 Å². The van der Waals surface area contributed by atoms with Gasteiger partial charge in [-0.25, -0.2) is 0 Å². The quantitative estimate of drug-likeness (QED) is 0.568. The topological polar surface area (TPSA) is 66.6 Å². The summed E-state index contributed by atoms with van der Waals surface area (Å²) in [7, 11) is 0. The number of imidazole rings is 1. The highest BCUT2D eigenvalue weighted by Crippen LogP contribution is 2.33. The smallest absolute Gasteiger partial charge is 0.294 e. The highest BCUT2D eigenvalue weighted by molar-refractivity contribution is 6.34. The van der Waals surface area contributed by atoms with Crippen molar-refractivity contribution in [1.29, 1.82) is 0 Å². The number of aromatic nitrogens is 4. The second-order valence-corrected chi connectivity index (χ2v) is 5.78. The summed E-state index contributed by atoms with van der Waals surface area (Å²) < 4.78 is 5.41. The van der Waals surface area contributed by atoms with E-state index < -0.39 is 0 Å². The normalized spacial score (nSPS) is 11.1. The van der Waals surface area contributed by atoms with E-state index in [1.54, 1.807) is 6.20 Å². The average Bonchev–Trinajstić information content (AvgIpc) is 3.24. The fraction of sp³-hybridized carbons (Fsp3) is 0.111. The molecule has 0 atom stereocenters. The molecule has 0 saturated heterocycles. The molecule has 0 spiro atoms. The number of rotatable bonds is 4.